The molecule has 6 heterocycles. The molecule has 0 aliphatic carbocycles. The minimum absolute atomic E-state index is 0.0123. The number of amides is 2. The summed E-state index contributed by atoms with van der Waals surface area (Å²) >= 11 is 0. The van der Waals surface area contributed by atoms with Gasteiger partial charge in [-0.05, 0) is 56.2 Å². The second-order valence-corrected chi connectivity index (χ2v) is 11.8. The van der Waals surface area contributed by atoms with Gasteiger partial charge < -0.3 is 35.3 Å². The summed E-state index contributed by atoms with van der Waals surface area (Å²) < 4.78 is 88.4. The van der Waals surface area contributed by atoms with Crippen molar-refractivity contribution in [3.8, 4) is 0 Å². The molecule has 0 spiro atoms. The minimum atomic E-state index is -4.71. The second kappa shape index (κ2) is 16.8. The molecule has 56 heavy (non-hydrogen) atoms. The van der Waals surface area contributed by atoms with Crippen LogP contribution in [0.3, 0.4) is 0 Å². The van der Waals surface area contributed by atoms with E-state index >= 15 is 0 Å². The molecule has 21 heteroatoms. The lowest BCUT2D eigenvalue weighted by atomic mass is 9.97. The number of carbonyl (C=O) groups is 4. The second-order valence-electron chi connectivity index (χ2n) is 11.8. The number of nitrogen functional groups attached to an aromatic ring is 1. The van der Waals surface area contributed by atoms with Crippen molar-refractivity contribution in [1.29, 1.82) is 0 Å². The first-order chi connectivity index (χ1) is 26.4. The highest BCUT2D eigenvalue weighted by Gasteiger charge is 2.34. The van der Waals surface area contributed by atoms with Crippen molar-refractivity contribution in [2.75, 3.05) is 36.2 Å². The van der Waals surface area contributed by atoms with Gasteiger partial charge in [0.15, 0.2) is 0 Å². The number of carbonyl (C=O) groups excluding carboxylic acids is 3. The lowest BCUT2D eigenvalue weighted by Crippen LogP contribution is -2.19. The molecule has 0 unspecified atom stereocenters. The van der Waals surface area contributed by atoms with Crippen LogP contribution in [0.1, 0.15) is 84.5 Å². The van der Waals surface area contributed by atoms with Crippen LogP contribution in [-0.2, 0) is 21.8 Å². The number of aromatic nitrogens is 5. The fourth-order valence-corrected chi connectivity index (χ4v) is 5.28. The number of halogens is 6. The smallest absolute Gasteiger partial charge is 0.433 e. The van der Waals surface area contributed by atoms with Crippen LogP contribution in [0.25, 0.3) is 5.65 Å². The molecular weight excluding hydrogens is 758 g/mol. The fraction of sp³-hybridized carbons (Fsp3) is 0.257. The molecule has 5 N–H and O–H groups in total. The standard InChI is InChI=1S/C20H17F3N4O4.C15H13F3N4O3/c21-20(22,23)16-3-1-2-13(24-16)18(28)26-15-10-27-9-14(11-4-6-31-7-5-11)25-17(27)8-12(15)19(29)30;1-2-25-14(24)8-6-12(19)20-7-10(8)22-13(23)9-4-3-5-11(21-9)15(16,17)18/h1-3,8-11H,4-7H2,(H,26,28)(H,29,30);3-7H,2H2,1H3,(H2,19,20)(H,22,23). The van der Waals surface area contributed by atoms with Crippen LogP contribution >= 0.6 is 0 Å². The first-order valence-corrected chi connectivity index (χ1v) is 16.4. The largest absolute Gasteiger partial charge is 0.478 e. The predicted octanol–water partition coefficient (Wildman–Crippen LogP) is 6.10. The van der Waals surface area contributed by atoms with Crippen molar-refractivity contribution in [1.82, 2.24) is 24.3 Å². The molecule has 15 nitrogen and oxygen atoms in total. The summed E-state index contributed by atoms with van der Waals surface area (Å²) in [5.41, 5.74) is 2.83. The van der Waals surface area contributed by atoms with Crippen molar-refractivity contribution < 1.29 is 60.1 Å². The third kappa shape index (κ3) is 9.91. The number of ether oxygens (including phenoxy) is 2. The number of carboxylic acids is 1. The van der Waals surface area contributed by atoms with Crippen LogP contribution in [-0.4, -0.2) is 73.0 Å². The number of nitrogens with zero attached hydrogens (tertiary/aromatic N) is 5. The zero-order valence-electron chi connectivity index (χ0n) is 28.9. The van der Waals surface area contributed by atoms with Gasteiger partial charge in [0.1, 0.15) is 34.2 Å². The molecule has 294 valence electrons. The Bertz CT molecular complexity index is 2270. The van der Waals surface area contributed by atoms with E-state index in [1.54, 1.807) is 17.5 Å². The van der Waals surface area contributed by atoms with Crippen molar-refractivity contribution in [2.45, 2.75) is 38.0 Å². The normalized spacial score (nSPS) is 13.3. The Morgan fingerprint density at radius 2 is 1.43 bits per heavy atom. The summed E-state index contributed by atoms with van der Waals surface area (Å²) in [5.74, 6) is -3.79. The van der Waals surface area contributed by atoms with Crippen LogP contribution in [0, 0.1) is 0 Å². The Morgan fingerprint density at radius 3 is 1.96 bits per heavy atom. The van der Waals surface area contributed by atoms with Crippen LogP contribution in [0.5, 0.6) is 0 Å². The first kappa shape index (κ1) is 40.5. The maximum Gasteiger partial charge on any atom is 0.433 e. The molecule has 2 amide bonds. The van der Waals surface area contributed by atoms with Crippen molar-refractivity contribution >= 4 is 46.6 Å². The van der Waals surface area contributed by atoms with Crippen molar-refractivity contribution in [3.05, 3.63) is 107 Å². The molecule has 6 rings (SSSR count). The van der Waals surface area contributed by atoms with E-state index in [1.165, 1.54) is 18.3 Å². The molecule has 5 aromatic rings. The van der Waals surface area contributed by atoms with Gasteiger partial charge in [0.25, 0.3) is 11.8 Å². The van der Waals surface area contributed by atoms with Gasteiger partial charge in [-0.3, -0.25) is 9.59 Å². The van der Waals surface area contributed by atoms with E-state index in [0.717, 1.165) is 61.1 Å². The zero-order valence-corrected chi connectivity index (χ0v) is 28.9. The van der Waals surface area contributed by atoms with E-state index < -0.39 is 58.9 Å². The average molecular weight is 789 g/mol. The highest BCUT2D eigenvalue weighted by Crippen LogP contribution is 2.30. The number of rotatable bonds is 8. The van der Waals surface area contributed by atoms with Crippen molar-refractivity contribution in [2.24, 2.45) is 0 Å². The minimum Gasteiger partial charge on any atom is -0.478 e. The molecule has 0 radical (unpaired) electrons. The van der Waals surface area contributed by atoms with Gasteiger partial charge in [0, 0.05) is 31.5 Å². The number of hydrogen-bond donors (Lipinski definition) is 4. The van der Waals surface area contributed by atoms with Crippen molar-refractivity contribution in [3.63, 3.8) is 0 Å². The highest BCUT2D eigenvalue weighted by atomic mass is 19.4. The Hall–Kier alpha value is -6.64. The first-order valence-electron chi connectivity index (χ1n) is 16.4. The number of carboxylic acid groups (broad SMARTS) is 1. The van der Waals surface area contributed by atoms with E-state index in [9.17, 15) is 50.6 Å². The monoisotopic (exact) mass is 788 g/mol. The van der Waals surface area contributed by atoms with E-state index in [2.05, 4.69) is 30.6 Å². The van der Waals surface area contributed by atoms with Gasteiger partial charge in [-0.1, -0.05) is 12.1 Å². The van der Waals surface area contributed by atoms with E-state index in [1.807, 2.05) is 0 Å². The van der Waals surface area contributed by atoms with Crippen LogP contribution in [0.2, 0.25) is 0 Å². The lowest BCUT2D eigenvalue weighted by molar-refractivity contribution is -0.142. The number of fused-ring (bicyclic) bond motifs is 1. The van der Waals surface area contributed by atoms with Gasteiger partial charge in [-0.2, -0.15) is 26.3 Å². The number of nitrogens with one attached hydrogen (secondary N) is 2. The Balaban J connectivity index is 0.000000220. The summed E-state index contributed by atoms with van der Waals surface area (Å²) in [7, 11) is 0. The van der Waals surface area contributed by atoms with Gasteiger partial charge in [0.2, 0.25) is 0 Å². The predicted molar refractivity (Wildman–Crippen MR) is 184 cm³/mol. The molecule has 5 aromatic heterocycles. The molecule has 0 atom stereocenters. The molecule has 0 aromatic carbocycles. The van der Waals surface area contributed by atoms with Gasteiger partial charge in [-0.25, -0.2) is 29.5 Å². The number of alkyl halides is 6. The number of imidazole rings is 1. The van der Waals surface area contributed by atoms with E-state index in [4.69, 9.17) is 15.2 Å². The average Bonchev–Trinajstić information content (AvgIpc) is 3.58. The van der Waals surface area contributed by atoms with Gasteiger partial charge in [-0.15, -0.1) is 0 Å². The maximum absolute atomic E-state index is 12.9. The van der Waals surface area contributed by atoms with Crippen LogP contribution < -0.4 is 16.4 Å². The third-order valence-corrected chi connectivity index (χ3v) is 7.94. The summed E-state index contributed by atoms with van der Waals surface area (Å²) in [6.07, 6.45) is -3.59. The molecule has 1 saturated heterocycles. The molecule has 0 bridgehead atoms. The quantitative estimate of drug-likeness (QED) is 0.104. The molecule has 1 fully saturated rings. The number of anilines is 3. The molecule has 0 saturated carbocycles. The number of pyridine rings is 4. The number of esters is 1. The molecular formula is C35H30F6N8O7. The zero-order chi connectivity index (χ0) is 40.8. The summed E-state index contributed by atoms with van der Waals surface area (Å²) in [5, 5.41) is 14.2. The maximum atomic E-state index is 12.9. The summed E-state index contributed by atoms with van der Waals surface area (Å²) in [4.78, 5) is 63.1. The van der Waals surface area contributed by atoms with E-state index in [0.29, 0.717) is 18.9 Å². The fourth-order valence-electron chi connectivity index (χ4n) is 5.28. The van der Waals surface area contributed by atoms with Crippen LogP contribution in [0.15, 0.2) is 67.1 Å². The Kier molecular flexibility index (Phi) is 12.2. The summed E-state index contributed by atoms with van der Waals surface area (Å²) in [6, 6.07) is 8.32. The Morgan fingerprint density at radius 1 is 0.857 bits per heavy atom. The SMILES string of the molecule is CCOC(=O)c1cc(N)ncc1NC(=O)c1cccc(C(F)(F)F)n1.O=C(Nc1cn2cc(C3CCOCC3)nc2cc1C(=O)O)c1cccc(C(F)(F)F)n1. The number of aromatic carboxylic acids is 1. The third-order valence-electron chi connectivity index (χ3n) is 7.94. The topological polar surface area (TPSA) is 213 Å². The van der Waals surface area contributed by atoms with Crippen LogP contribution in [0.4, 0.5) is 43.5 Å². The summed E-state index contributed by atoms with van der Waals surface area (Å²) in [6.45, 7) is 2.91. The molecule has 1 aliphatic rings. The Labute approximate surface area is 311 Å². The van der Waals surface area contributed by atoms with Gasteiger partial charge in [0.05, 0.1) is 41.0 Å². The highest BCUT2D eigenvalue weighted by molar-refractivity contribution is 6.08. The lowest BCUT2D eigenvalue weighted by Gasteiger charge is -2.19. The number of nitrogens with two attached hydrogens (primary N) is 1. The van der Waals surface area contributed by atoms with E-state index in [-0.39, 0.29) is 40.8 Å². The van der Waals surface area contributed by atoms with Gasteiger partial charge >= 0.3 is 24.3 Å². The molecule has 1 aliphatic heterocycles. The number of hydrogen-bond acceptors (Lipinski definition) is 11.